The van der Waals surface area contributed by atoms with Gasteiger partial charge < -0.3 is 5.11 Å². The number of sulfone groups is 1. The monoisotopic (exact) mass is 325 g/mol. The van der Waals surface area contributed by atoms with E-state index in [0.717, 1.165) is 5.01 Å². The lowest BCUT2D eigenvalue weighted by Gasteiger charge is -2.03. The summed E-state index contributed by atoms with van der Waals surface area (Å²) in [5.41, 5.74) is 0.579. The second kappa shape index (κ2) is 5.95. The molecule has 1 aromatic carbocycles. The molecule has 0 spiro atoms. The van der Waals surface area contributed by atoms with E-state index in [0.29, 0.717) is 5.69 Å². The molecule has 1 aromatic heterocycles. The third-order valence-corrected chi connectivity index (χ3v) is 5.72. The maximum absolute atomic E-state index is 12.3. The fraction of sp³-hybridized carbons (Fsp3) is 0.286. The maximum atomic E-state index is 12.3. The van der Waals surface area contributed by atoms with Crippen LogP contribution in [0.5, 0.6) is 0 Å². The average Bonchev–Trinajstić information content (AvgIpc) is 2.87. The number of nitrogens with zero attached hydrogens (tertiary/aromatic N) is 1. The summed E-state index contributed by atoms with van der Waals surface area (Å²) < 4.78 is 24.6. The van der Waals surface area contributed by atoms with Crippen LogP contribution < -0.4 is 0 Å². The fourth-order valence-corrected chi connectivity index (χ4v) is 3.93. The van der Waals surface area contributed by atoms with Crippen LogP contribution >= 0.6 is 11.3 Å². The number of aromatic carboxylic acids is 1. The molecule has 0 amide bonds. The summed E-state index contributed by atoms with van der Waals surface area (Å²) in [7, 11) is -3.52. The van der Waals surface area contributed by atoms with Gasteiger partial charge in [-0.05, 0) is 24.3 Å². The van der Waals surface area contributed by atoms with Crippen molar-refractivity contribution < 1.29 is 18.3 Å². The molecule has 0 saturated carbocycles. The molecule has 0 aliphatic carbocycles. The molecule has 0 saturated heterocycles. The highest BCUT2D eigenvalue weighted by Crippen LogP contribution is 2.22. The number of hydrogen-bond acceptors (Lipinski definition) is 5. The predicted molar refractivity (Wildman–Crippen MR) is 80.5 cm³/mol. The van der Waals surface area contributed by atoms with Gasteiger partial charge >= 0.3 is 5.97 Å². The van der Waals surface area contributed by atoms with Gasteiger partial charge in [0.05, 0.1) is 26.9 Å². The Kier molecular flexibility index (Phi) is 4.43. The minimum atomic E-state index is -3.52. The SMILES string of the molecule is CC(C)c1nc(CS(=O)(=O)c2ccc(C(=O)O)cc2)cs1. The highest BCUT2D eigenvalue weighted by molar-refractivity contribution is 7.90. The van der Waals surface area contributed by atoms with Crippen molar-refractivity contribution in [3.8, 4) is 0 Å². The van der Waals surface area contributed by atoms with E-state index in [1.54, 1.807) is 5.38 Å². The first-order valence-corrected chi connectivity index (χ1v) is 8.83. The number of aromatic nitrogens is 1. The van der Waals surface area contributed by atoms with Crippen LogP contribution in [-0.2, 0) is 15.6 Å². The van der Waals surface area contributed by atoms with Crippen molar-refractivity contribution in [2.75, 3.05) is 0 Å². The molecule has 21 heavy (non-hydrogen) atoms. The van der Waals surface area contributed by atoms with Gasteiger partial charge in [0, 0.05) is 11.3 Å². The molecule has 2 rings (SSSR count). The Labute approximate surface area is 127 Å². The Balaban J connectivity index is 2.22. The Morgan fingerprint density at radius 2 is 1.90 bits per heavy atom. The molecule has 0 aliphatic rings. The van der Waals surface area contributed by atoms with Crippen LogP contribution in [0.25, 0.3) is 0 Å². The molecule has 0 bridgehead atoms. The van der Waals surface area contributed by atoms with Crippen LogP contribution in [0, 0.1) is 0 Å². The number of hydrogen-bond donors (Lipinski definition) is 1. The van der Waals surface area contributed by atoms with E-state index in [9.17, 15) is 13.2 Å². The minimum Gasteiger partial charge on any atom is -0.478 e. The smallest absolute Gasteiger partial charge is 0.335 e. The largest absolute Gasteiger partial charge is 0.478 e. The lowest BCUT2D eigenvalue weighted by Crippen LogP contribution is -2.06. The Bertz CT molecular complexity index is 746. The summed E-state index contributed by atoms with van der Waals surface area (Å²) in [5.74, 6) is -0.996. The quantitative estimate of drug-likeness (QED) is 0.913. The van der Waals surface area contributed by atoms with Gasteiger partial charge in [-0.15, -0.1) is 11.3 Å². The van der Waals surface area contributed by atoms with Crippen LogP contribution in [0.3, 0.4) is 0 Å². The van der Waals surface area contributed by atoms with Gasteiger partial charge in [-0.25, -0.2) is 18.2 Å². The van der Waals surface area contributed by atoms with Gasteiger partial charge in [0.25, 0.3) is 0 Å². The molecule has 7 heteroatoms. The van der Waals surface area contributed by atoms with Crippen molar-refractivity contribution in [1.82, 2.24) is 4.98 Å². The number of carboxylic acid groups (broad SMARTS) is 1. The molecule has 5 nitrogen and oxygen atoms in total. The number of carboxylic acids is 1. The number of rotatable bonds is 5. The molecule has 1 N–H and O–H groups in total. The van der Waals surface area contributed by atoms with E-state index in [2.05, 4.69) is 4.98 Å². The lowest BCUT2D eigenvalue weighted by atomic mass is 10.2. The van der Waals surface area contributed by atoms with Crippen molar-refractivity contribution in [2.45, 2.75) is 30.4 Å². The van der Waals surface area contributed by atoms with Crippen molar-refractivity contribution in [1.29, 1.82) is 0 Å². The Morgan fingerprint density at radius 1 is 1.29 bits per heavy atom. The zero-order valence-electron chi connectivity index (χ0n) is 11.6. The summed E-state index contributed by atoms with van der Waals surface area (Å²) in [6, 6.07) is 5.20. The molecule has 0 atom stereocenters. The third-order valence-electron chi connectivity index (χ3n) is 2.86. The standard InChI is InChI=1S/C14H15NO4S2/c1-9(2)13-15-11(7-20-13)8-21(18,19)12-5-3-10(4-6-12)14(16)17/h3-7,9H,8H2,1-2H3,(H,16,17). The third kappa shape index (κ3) is 3.68. The first-order chi connectivity index (χ1) is 9.79. The molecule has 1 heterocycles. The highest BCUT2D eigenvalue weighted by atomic mass is 32.2. The van der Waals surface area contributed by atoms with Gasteiger partial charge in [-0.1, -0.05) is 13.8 Å². The number of benzene rings is 1. The summed E-state index contributed by atoms with van der Waals surface area (Å²) >= 11 is 1.45. The first kappa shape index (κ1) is 15.7. The van der Waals surface area contributed by atoms with Gasteiger partial charge in [0.2, 0.25) is 0 Å². The molecule has 0 unspecified atom stereocenters. The Hall–Kier alpha value is -1.73. The second-order valence-corrected chi connectivity index (χ2v) is 7.80. The van der Waals surface area contributed by atoms with Crippen LogP contribution in [0.15, 0.2) is 34.5 Å². The highest BCUT2D eigenvalue weighted by Gasteiger charge is 2.18. The van der Waals surface area contributed by atoms with E-state index < -0.39 is 15.8 Å². The molecule has 0 aliphatic heterocycles. The van der Waals surface area contributed by atoms with Crippen LogP contribution in [0.2, 0.25) is 0 Å². The van der Waals surface area contributed by atoms with Crippen LogP contribution in [0.4, 0.5) is 0 Å². The van der Waals surface area contributed by atoms with E-state index in [1.165, 1.54) is 35.6 Å². The lowest BCUT2D eigenvalue weighted by molar-refractivity contribution is 0.0696. The first-order valence-electron chi connectivity index (χ1n) is 6.30. The normalized spacial score (nSPS) is 11.8. The molecule has 0 radical (unpaired) electrons. The summed E-state index contributed by atoms with van der Waals surface area (Å²) in [4.78, 5) is 15.2. The maximum Gasteiger partial charge on any atom is 0.335 e. The van der Waals surface area contributed by atoms with Crippen molar-refractivity contribution in [3.05, 3.63) is 45.9 Å². The minimum absolute atomic E-state index is 0.0599. The zero-order valence-corrected chi connectivity index (χ0v) is 13.2. The number of carbonyl (C=O) groups is 1. The van der Waals surface area contributed by atoms with E-state index in [-0.39, 0.29) is 22.1 Å². The van der Waals surface area contributed by atoms with Gasteiger partial charge in [0.15, 0.2) is 9.84 Å². The fourth-order valence-electron chi connectivity index (χ4n) is 1.74. The van der Waals surface area contributed by atoms with Crippen LogP contribution in [0.1, 0.15) is 40.8 Å². The van der Waals surface area contributed by atoms with Gasteiger partial charge in [-0.2, -0.15) is 0 Å². The zero-order chi connectivity index (χ0) is 15.6. The van der Waals surface area contributed by atoms with Crippen LogP contribution in [-0.4, -0.2) is 24.5 Å². The van der Waals surface area contributed by atoms with Crippen molar-refractivity contribution in [2.24, 2.45) is 0 Å². The van der Waals surface area contributed by atoms with Crippen molar-refractivity contribution >= 4 is 27.1 Å². The topological polar surface area (TPSA) is 84.3 Å². The van der Waals surface area contributed by atoms with E-state index in [1.807, 2.05) is 13.8 Å². The summed E-state index contributed by atoms with van der Waals surface area (Å²) in [6.07, 6.45) is 0. The summed E-state index contributed by atoms with van der Waals surface area (Å²) in [6.45, 7) is 4.00. The average molecular weight is 325 g/mol. The van der Waals surface area contributed by atoms with Gasteiger partial charge in [-0.3, -0.25) is 0 Å². The molecule has 0 fully saturated rings. The Morgan fingerprint density at radius 3 is 2.38 bits per heavy atom. The summed E-state index contributed by atoms with van der Waals surface area (Å²) in [5, 5.41) is 11.5. The van der Waals surface area contributed by atoms with E-state index >= 15 is 0 Å². The molecular weight excluding hydrogens is 310 g/mol. The second-order valence-electron chi connectivity index (χ2n) is 4.92. The van der Waals surface area contributed by atoms with Gasteiger partial charge in [0.1, 0.15) is 0 Å². The molecule has 2 aromatic rings. The van der Waals surface area contributed by atoms with Crippen molar-refractivity contribution in [3.63, 3.8) is 0 Å². The molecular formula is C14H15NO4S2. The van der Waals surface area contributed by atoms with E-state index in [4.69, 9.17) is 5.11 Å². The predicted octanol–water partition coefficient (Wildman–Crippen LogP) is 2.94. The molecule has 112 valence electrons. The number of thiazole rings is 1.